The Morgan fingerprint density at radius 1 is 1.41 bits per heavy atom. The SMILES string of the molecule is CC(NC(=O)NCCOc1cccc(C(F)(F)F)c1)C1CC1. The Bertz CT molecular complexity index is 516. The molecule has 1 saturated carbocycles. The van der Waals surface area contributed by atoms with Gasteiger partial charge in [0.05, 0.1) is 12.1 Å². The van der Waals surface area contributed by atoms with Crippen LogP contribution in [-0.4, -0.2) is 25.2 Å². The second kappa shape index (κ2) is 6.89. The van der Waals surface area contributed by atoms with Gasteiger partial charge in [-0.25, -0.2) is 4.79 Å². The molecule has 0 aliphatic heterocycles. The van der Waals surface area contributed by atoms with Gasteiger partial charge < -0.3 is 15.4 Å². The van der Waals surface area contributed by atoms with Crippen LogP contribution in [0.2, 0.25) is 0 Å². The molecule has 2 N–H and O–H groups in total. The summed E-state index contributed by atoms with van der Waals surface area (Å²) in [5.74, 6) is 0.690. The van der Waals surface area contributed by atoms with Crippen molar-refractivity contribution in [3.05, 3.63) is 29.8 Å². The molecule has 1 aliphatic carbocycles. The predicted molar refractivity (Wildman–Crippen MR) is 75.7 cm³/mol. The molecule has 7 heteroatoms. The molecule has 0 radical (unpaired) electrons. The first kappa shape index (κ1) is 16.5. The van der Waals surface area contributed by atoms with Crippen LogP contribution in [0, 0.1) is 5.92 Å². The molecule has 0 heterocycles. The van der Waals surface area contributed by atoms with E-state index in [2.05, 4.69) is 10.6 Å². The van der Waals surface area contributed by atoms with Gasteiger partial charge in [0.25, 0.3) is 0 Å². The Kier molecular flexibility index (Phi) is 5.15. The van der Waals surface area contributed by atoms with Crippen molar-refractivity contribution >= 4 is 6.03 Å². The highest BCUT2D eigenvalue weighted by molar-refractivity contribution is 5.74. The topological polar surface area (TPSA) is 50.4 Å². The molecule has 0 aromatic heterocycles. The zero-order valence-electron chi connectivity index (χ0n) is 12.2. The number of hydrogen-bond donors (Lipinski definition) is 2. The van der Waals surface area contributed by atoms with Crippen LogP contribution in [-0.2, 0) is 6.18 Å². The van der Waals surface area contributed by atoms with Crippen LogP contribution < -0.4 is 15.4 Å². The normalized spacial score (nSPS) is 16.0. The lowest BCUT2D eigenvalue weighted by atomic mass is 10.2. The molecule has 4 nitrogen and oxygen atoms in total. The molecule has 122 valence electrons. The fourth-order valence-electron chi connectivity index (χ4n) is 2.07. The van der Waals surface area contributed by atoms with E-state index < -0.39 is 11.7 Å². The zero-order chi connectivity index (χ0) is 16.2. The average molecular weight is 316 g/mol. The van der Waals surface area contributed by atoms with Crippen LogP contribution in [0.3, 0.4) is 0 Å². The third-order valence-electron chi connectivity index (χ3n) is 3.51. The molecule has 1 atom stereocenters. The van der Waals surface area contributed by atoms with Gasteiger partial charge in [-0.3, -0.25) is 0 Å². The number of urea groups is 1. The molecule has 0 saturated heterocycles. The second-order valence-electron chi connectivity index (χ2n) is 5.40. The highest BCUT2D eigenvalue weighted by Crippen LogP contribution is 2.32. The van der Waals surface area contributed by atoms with Crippen molar-refractivity contribution in [2.45, 2.75) is 32.0 Å². The fourth-order valence-corrected chi connectivity index (χ4v) is 2.07. The van der Waals surface area contributed by atoms with Crippen molar-refractivity contribution in [3.63, 3.8) is 0 Å². The molecule has 0 bridgehead atoms. The summed E-state index contributed by atoms with van der Waals surface area (Å²) in [7, 11) is 0. The lowest BCUT2D eigenvalue weighted by Crippen LogP contribution is -2.43. The van der Waals surface area contributed by atoms with Crippen molar-refractivity contribution in [1.82, 2.24) is 10.6 Å². The smallest absolute Gasteiger partial charge is 0.416 e. The van der Waals surface area contributed by atoms with E-state index in [1.807, 2.05) is 6.92 Å². The molecule has 2 rings (SSSR count). The number of ether oxygens (including phenoxy) is 1. The Hall–Kier alpha value is -1.92. The first-order valence-corrected chi connectivity index (χ1v) is 7.20. The van der Waals surface area contributed by atoms with Gasteiger partial charge in [0, 0.05) is 6.04 Å². The molecule has 1 aromatic carbocycles. The molecular formula is C15H19F3N2O2. The summed E-state index contributed by atoms with van der Waals surface area (Å²) in [6.45, 7) is 2.28. The maximum Gasteiger partial charge on any atom is 0.416 e. The van der Waals surface area contributed by atoms with Crippen LogP contribution in [0.4, 0.5) is 18.0 Å². The molecule has 1 fully saturated rings. The third kappa shape index (κ3) is 5.13. The molecule has 2 amide bonds. The van der Waals surface area contributed by atoms with E-state index in [-0.39, 0.29) is 31.0 Å². The maximum atomic E-state index is 12.5. The molecule has 1 unspecified atom stereocenters. The third-order valence-corrected chi connectivity index (χ3v) is 3.51. The lowest BCUT2D eigenvalue weighted by molar-refractivity contribution is -0.137. The zero-order valence-corrected chi connectivity index (χ0v) is 12.2. The Morgan fingerprint density at radius 3 is 2.77 bits per heavy atom. The van der Waals surface area contributed by atoms with Crippen LogP contribution in [0.25, 0.3) is 0 Å². The van der Waals surface area contributed by atoms with Crippen LogP contribution in [0.15, 0.2) is 24.3 Å². The number of halogens is 3. The van der Waals surface area contributed by atoms with Gasteiger partial charge in [0.2, 0.25) is 0 Å². The summed E-state index contributed by atoms with van der Waals surface area (Å²) in [5.41, 5.74) is -0.756. The number of carbonyl (C=O) groups is 1. The van der Waals surface area contributed by atoms with Gasteiger partial charge in [-0.1, -0.05) is 6.07 Å². The summed E-state index contributed by atoms with van der Waals surface area (Å²) >= 11 is 0. The van der Waals surface area contributed by atoms with Crippen molar-refractivity contribution in [2.24, 2.45) is 5.92 Å². The number of amides is 2. The summed E-state index contributed by atoms with van der Waals surface area (Å²) < 4.78 is 42.8. The highest BCUT2D eigenvalue weighted by atomic mass is 19.4. The first-order chi connectivity index (χ1) is 10.4. The minimum Gasteiger partial charge on any atom is -0.492 e. The van der Waals surface area contributed by atoms with Gasteiger partial charge in [0.15, 0.2) is 0 Å². The summed E-state index contributed by atoms with van der Waals surface area (Å²) in [5, 5.41) is 5.43. The van der Waals surface area contributed by atoms with Gasteiger partial charge in [-0.2, -0.15) is 13.2 Å². The monoisotopic (exact) mass is 316 g/mol. The molecule has 1 aliphatic rings. The van der Waals surface area contributed by atoms with Crippen molar-refractivity contribution in [2.75, 3.05) is 13.2 Å². The van der Waals surface area contributed by atoms with Gasteiger partial charge >= 0.3 is 12.2 Å². The Morgan fingerprint density at radius 2 is 2.14 bits per heavy atom. The van der Waals surface area contributed by atoms with Gasteiger partial charge in [-0.15, -0.1) is 0 Å². The molecular weight excluding hydrogens is 297 g/mol. The van der Waals surface area contributed by atoms with Crippen LogP contribution >= 0.6 is 0 Å². The second-order valence-corrected chi connectivity index (χ2v) is 5.40. The first-order valence-electron chi connectivity index (χ1n) is 7.20. The van der Waals surface area contributed by atoms with E-state index in [1.54, 1.807) is 0 Å². The number of nitrogens with one attached hydrogen (secondary N) is 2. The van der Waals surface area contributed by atoms with E-state index in [9.17, 15) is 18.0 Å². The summed E-state index contributed by atoms with van der Waals surface area (Å²) in [4.78, 5) is 11.6. The van der Waals surface area contributed by atoms with Gasteiger partial charge in [-0.05, 0) is 43.9 Å². The number of carbonyl (C=O) groups excluding carboxylic acids is 1. The minimum atomic E-state index is -4.39. The van der Waals surface area contributed by atoms with Crippen molar-refractivity contribution in [3.8, 4) is 5.75 Å². The fraction of sp³-hybridized carbons (Fsp3) is 0.533. The van der Waals surface area contributed by atoms with E-state index in [0.717, 1.165) is 25.0 Å². The highest BCUT2D eigenvalue weighted by Gasteiger charge is 2.30. The van der Waals surface area contributed by atoms with Crippen LogP contribution in [0.1, 0.15) is 25.3 Å². The molecule has 22 heavy (non-hydrogen) atoms. The number of benzene rings is 1. The summed E-state index contributed by atoms with van der Waals surface area (Å²) in [6.07, 6.45) is -2.11. The number of alkyl halides is 3. The maximum absolute atomic E-state index is 12.5. The Labute approximate surface area is 127 Å². The minimum absolute atomic E-state index is 0.104. The van der Waals surface area contributed by atoms with E-state index in [1.165, 1.54) is 12.1 Å². The molecule has 1 aromatic rings. The van der Waals surface area contributed by atoms with E-state index >= 15 is 0 Å². The largest absolute Gasteiger partial charge is 0.492 e. The Balaban J connectivity index is 1.69. The summed E-state index contributed by atoms with van der Waals surface area (Å²) in [6, 6.07) is 4.52. The van der Waals surface area contributed by atoms with Crippen molar-refractivity contribution < 1.29 is 22.7 Å². The van der Waals surface area contributed by atoms with Crippen molar-refractivity contribution in [1.29, 1.82) is 0 Å². The van der Waals surface area contributed by atoms with E-state index in [0.29, 0.717) is 5.92 Å². The quantitative estimate of drug-likeness (QED) is 0.792. The van der Waals surface area contributed by atoms with E-state index in [4.69, 9.17) is 4.74 Å². The number of hydrogen-bond acceptors (Lipinski definition) is 2. The van der Waals surface area contributed by atoms with Gasteiger partial charge in [0.1, 0.15) is 12.4 Å². The predicted octanol–water partition coefficient (Wildman–Crippen LogP) is 3.18. The molecule has 0 spiro atoms. The average Bonchev–Trinajstić information content (AvgIpc) is 3.27. The lowest BCUT2D eigenvalue weighted by Gasteiger charge is -2.14. The van der Waals surface area contributed by atoms with Crippen LogP contribution in [0.5, 0.6) is 5.75 Å². The standard InChI is InChI=1S/C15H19F3N2O2/c1-10(11-5-6-11)20-14(21)19-7-8-22-13-4-2-3-12(9-13)15(16,17)18/h2-4,9-11H,5-8H2,1H3,(H2,19,20,21). The number of rotatable bonds is 6.